The van der Waals surface area contributed by atoms with Crippen molar-refractivity contribution in [3.8, 4) is 0 Å². The molecule has 0 saturated carbocycles. The van der Waals surface area contributed by atoms with Crippen LogP contribution in [-0.4, -0.2) is 41.0 Å². The zero-order chi connectivity index (χ0) is 10.9. The van der Waals surface area contributed by atoms with E-state index in [1.54, 1.807) is 0 Å². The van der Waals surface area contributed by atoms with Crippen LogP contribution in [0, 0.1) is 0 Å². The third-order valence-corrected chi connectivity index (χ3v) is 2.96. The van der Waals surface area contributed by atoms with Gasteiger partial charge in [0.2, 0.25) is 0 Å². The quantitative estimate of drug-likeness (QED) is 0.635. The SMILES string of the molecule is C=C1CN(C(C)(C)C)CCN1C(C)C. The summed E-state index contributed by atoms with van der Waals surface area (Å²) in [7, 11) is 0. The van der Waals surface area contributed by atoms with Crippen molar-refractivity contribution in [1.29, 1.82) is 0 Å². The Bertz CT molecular complexity index is 213. The van der Waals surface area contributed by atoms with Crippen molar-refractivity contribution < 1.29 is 0 Å². The molecule has 1 heterocycles. The number of piperazine rings is 1. The summed E-state index contributed by atoms with van der Waals surface area (Å²) in [6.45, 7) is 18.7. The summed E-state index contributed by atoms with van der Waals surface area (Å²) in [6.07, 6.45) is 0. The molecule has 2 heteroatoms. The summed E-state index contributed by atoms with van der Waals surface area (Å²) in [5, 5.41) is 0. The van der Waals surface area contributed by atoms with E-state index in [0.29, 0.717) is 6.04 Å². The second-order valence-corrected chi connectivity index (χ2v) is 5.45. The zero-order valence-electron chi connectivity index (χ0n) is 10.3. The van der Waals surface area contributed by atoms with E-state index in [-0.39, 0.29) is 5.54 Å². The van der Waals surface area contributed by atoms with Crippen LogP contribution in [0.3, 0.4) is 0 Å². The summed E-state index contributed by atoms with van der Waals surface area (Å²) < 4.78 is 0. The fourth-order valence-electron chi connectivity index (χ4n) is 1.97. The van der Waals surface area contributed by atoms with E-state index >= 15 is 0 Å². The Kier molecular flexibility index (Phi) is 3.25. The van der Waals surface area contributed by atoms with Crippen LogP contribution >= 0.6 is 0 Å². The molecule has 1 saturated heterocycles. The van der Waals surface area contributed by atoms with E-state index in [9.17, 15) is 0 Å². The van der Waals surface area contributed by atoms with Gasteiger partial charge in [-0.2, -0.15) is 0 Å². The first kappa shape index (κ1) is 11.6. The van der Waals surface area contributed by atoms with Crippen LogP contribution in [0.5, 0.6) is 0 Å². The molecule has 1 aliphatic rings. The highest BCUT2D eigenvalue weighted by molar-refractivity contribution is 5.04. The normalized spacial score (nSPS) is 20.7. The first-order valence-electron chi connectivity index (χ1n) is 5.52. The van der Waals surface area contributed by atoms with Gasteiger partial charge in [0, 0.05) is 36.9 Å². The summed E-state index contributed by atoms with van der Waals surface area (Å²) in [5.74, 6) is 0. The number of hydrogen-bond acceptors (Lipinski definition) is 2. The van der Waals surface area contributed by atoms with E-state index in [1.165, 1.54) is 5.70 Å². The number of nitrogens with zero attached hydrogens (tertiary/aromatic N) is 2. The molecule has 0 amide bonds. The average Bonchev–Trinajstić information content (AvgIpc) is 2.01. The van der Waals surface area contributed by atoms with Crippen molar-refractivity contribution in [3.05, 3.63) is 12.3 Å². The lowest BCUT2D eigenvalue weighted by Gasteiger charge is -2.45. The minimum absolute atomic E-state index is 0.270. The average molecular weight is 196 g/mol. The van der Waals surface area contributed by atoms with Gasteiger partial charge in [-0.15, -0.1) is 0 Å². The summed E-state index contributed by atoms with van der Waals surface area (Å²) in [5.41, 5.74) is 1.53. The standard InChI is InChI=1S/C12H24N2/c1-10(2)14-8-7-13(9-11(14)3)12(4,5)6/h10H,3,7-9H2,1-2,4-6H3. The van der Waals surface area contributed by atoms with Crippen molar-refractivity contribution in [2.45, 2.75) is 46.2 Å². The molecule has 0 N–H and O–H groups in total. The molecule has 2 nitrogen and oxygen atoms in total. The maximum absolute atomic E-state index is 4.16. The molecule has 0 aromatic heterocycles. The summed E-state index contributed by atoms with van der Waals surface area (Å²) in [4.78, 5) is 4.90. The lowest BCUT2D eigenvalue weighted by molar-refractivity contribution is 0.0808. The molecule has 0 aliphatic carbocycles. The smallest absolute Gasteiger partial charge is 0.0383 e. The van der Waals surface area contributed by atoms with Crippen molar-refractivity contribution in [1.82, 2.24) is 9.80 Å². The molecular formula is C12H24N2. The lowest BCUT2D eigenvalue weighted by Crippen LogP contribution is -2.53. The fraction of sp³-hybridized carbons (Fsp3) is 0.833. The molecule has 1 fully saturated rings. The van der Waals surface area contributed by atoms with Gasteiger partial charge in [-0.25, -0.2) is 0 Å². The van der Waals surface area contributed by atoms with Gasteiger partial charge < -0.3 is 4.90 Å². The van der Waals surface area contributed by atoms with Crippen LogP contribution in [0.2, 0.25) is 0 Å². The fourth-order valence-corrected chi connectivity index (χ4v) is 1.97. The maximum Gasteiger partial charge on any atom is 0.0383 e. The van der Waals surface area contributed by atoms with Gasteiger partial charge >= 0.3 is 0 Å². The highest BCUT2D eigenvalue weighted by Gasteiger charge is 2.28. The molecule has 1 aliphatic heterocycles. The molecule has 0 unspecified atom stereocenters. The lowest BCUT2D eigenvalue weighted by atomic mass is 10.0. The predicted molar refractivity (Wildman–Crippen MR) is 62.3 cm³/mol. The Morgan fingerprint density at radius 1 is 1.21 bits per heavy atom. The van der Waals surface area contributed by atoms with Crippen LogP contribution in [-0.2, 0) is 0 Å². The largest absolute Gasteiger partial charge is 0.371 e. The molecule has 0 spiro atoms. The topological polar surface area (TPSA) is 6.48 Å². The molecule has 1 rings (SSSR count). The van der Waals surface area contributed by atoms with Crippen LogP contribution < -0.4 is 0 Å². The number of hydrogen-bond donors (Lipinski definition) is 0. The Morgan fingerprint density at radius 3 is 2.14 bits per heavy atom. The van der Waals surface area contributed by atoms with Crippen molar-refractivity contribution in [2.24, 2.45) is 0 Å². The van der Waals surface area contributed by atoms with Gasteiger partial charge in [-0.3, -0.25) is 4.90 Å². The third-order valence-electron chi connectivity index (χ3n) is 2.96. The molecular weight excluding hydrogens is 172 g/mol. The van der Waals surface area contributed by atoms with E-state index in [4.69, 9.17) is 0 Å². The molecule has 14 heavy (non-hydrogen) atoms. The van der Waals surface area contributed by atoms with E-state index in [0.717, 1.165) is 19.6 Å². The highest BCUT2D eigenvalue weighted by Crippen LogP contribution is 2.21. The molecule has 0 bridgehead atoms. The third kappa shape index (κ3) is 2.50. The van der Waals surface area contributed by atoms with E-state index in [2.05, 4.69) is 51.0 Å². The van der Waals surface area contributed by atoms with Crippen molar-refractivity contribution >= 4 is 0 Å². The monoisotopic (exact) mass is 196 g/mol. The number of rotatable bonds is 1. The first-order valence-corrected chi connectivity index (χ1v) is 5.52. The van der Waals surface area contributed by atoms with Gasteiger partial charge in [0.15, 0.2) is 0 Å². The molecule has 0 aromatic carbocycles. The van der Waals surface area contributed by atoms with E-state index in [1.807, 2.05) is 0 Å². The van der Waals surface area contributed by atoms with E-state index < -0.39 is 0 Å². The Morgan fingerprint density at radius 2 is 1.79 bits per heavy atom. The van der Waals surface area contributed by atoms with Crippen LogP contribution in [0.25, 0.3) is 0 Å². The van der Waals surface area contributed by atoms with Gasteiger partial charge in [-0.1, -0.05) is 6.58 Å². The molecule has 0 atom stereocenters. The van der Waals surface area contributed by atoms with Gasteiger partial charge in [0.1, 0.15) is 0 Å². The minimum Gasteiger partial charge on any atom is -0.371 e. The minimum atomic E-state index is 0.270. The maximum atomic E-state index is 4.16. The molecule has 82 valence electrons. The van der Waals surface area contributed by atoms with Crippen LogP contribution in [0.15, 0.2) is 12.3 Å². The Labute approximate surface area is 88.6 Å². The van der Waals surface area contributed by atoms with Gasteiger partial charge in [-0.05, 0) is 34.6 Å². The van der Waals surface area contributed by atoms with Gasteiger partial charge in [0.05, 0.1) is 0 Å². The summed E-state index contributed by atoms with van der Waals surface area (Å²) in [6, 6.07) is 0.588. The second-order valence-electron chi connectivity index (χ2n) is 5.45. The van der Waals surface area contributed by atoms with Gasteiger partial charge in [0.25, 0.3) is 0 Å². The van der Waals surface area contributed by atoms with Crippen molar-refractivity contribution in [2.75, 3.05) is 19.6 Å². The van der Waals surface area contributed by atoms with Crippen molar-refractivity contribution in [3.63, 3.8) is 0 Å². The molecule has 0 radical (unpaired) electrons. The predicted octanol–water partition coefficient (Wildman–Crippen LogP) is 2.32. The Balaban J connectivity index is 2.60. The summed E-state index contributed by atoms with van der Waals surface area (Å²) >= 11 is 0. The molecule has 0 aromatic rings. The Hall–Kier alpha value is -0.500. The van der Waals surface area contributed by atoms with Crippen LogP contribution in [0.4, 0.5) is 0 Å². The van der Waals surface area contributed by atoms with Crippen LogP contribution in [0.1, 0.15) is 34.6 Å². The first-order chi connectivity index (χ1) is 6.32. The second kappa shape index (κ2) is 3.93. The highest BCUT2D eigenvalue weighted by atomic mass is 15.3. The zero-order valence-corrected chi connectivity index (χ0v) is 10.3.